The summed E-state index contributed by atoms with van der Waals surface area (Å²) in [6.45, 7) is 0. The summed E-state index contributed by atoms with van der Waals surface area (Å²) in [5.74, 6) is -0.459. The van der Waals surface area contributed by atoms with E-state index in [1.165, 1.54) is 0 Å². The van der Waals surface area contributed by atoms with Crippen LogP contribution in [0.2, 0.25) is 5.02 Å². The van der Waals surface area contributed by atoms with Gasteiger partial charge in [-0.15, -0.1) is 0 Å². The van der Waals surface area contributed by atoms with Gasteiger partial charge < -0.3 is 20.6 Å². The molecule has 0 aliphatic carbocycles. The van der Waals surface area contributed by atoms with Crippen LogP contribution in [0.4, 0.5) is 17.3 Å². The number of hydrogen-bond acceptors (Lipinski definition) is 6. The molecule has 1 aliphatic heterocycles. The Morgan fingerprint density at radius 1 is 1.21 bits per heavy atom. The Bertz CT molecular complexity index is 1070. The number of fused-ring (bicyclic) bond motifs is 3. The molecule has 0 bridgehead atoms. The molecule has 0 radical (unpaired) electrons. The molecular formula is C20H18ClN5O2. The van der Waals surface area contributed by atoms with E-state index in [9.17, 15) is 9.90 Å². The predicted molar refractivity (Wildman–Crippen MR) is 110 cm³/mol. The van der Waals surface area contributed by atoms with Crippen LogP contribution in [0.5, 0.6) is 0 Å². The van der Waals surface area contributed by atoms with Crippen molar-refractivity contribution in [2.45, 2.75) is 6.17 Å². The number of aromatic nitrogens is 2. The first kappa shape index (κ1) is 18.1. The number of halogens is 1. The molecule has 28 heavy (non-hydrogen) atoms. The van der Waals surface area contributed by atoms with Gasteiger partial charge in [0.15, 0.2) is 0 Å². The summed E-state index contributed by atoms with van der Waals surface area (Å²) in [5.41, 5.74) is 4.36. The summed E-state index contributed by atoms with van der Waals surface area (Å²) in [6, 6.07) is 12.5. The molecular weight excluding hydrogens is 378 g/mol. The fraction of sp³-hybridized carbons (Fsp3) is 0.150. The van der Waals surface area contributed by atoms with E-state index in [4.69, 9.17) is 11.6 Å². The summed E-state index contributed by atoms with van der Waals surface area (Å²) in [4.78, 5) is 22.4. The maximum atomic E-state index is 11.5. The van der Waals surface area contributed by atoms with Gasteiger partial charge in [-0.25, -0.2) is 14.8 Å². The number of rotatable bonds is 4. The van der Waals surface area contributed by atoms with Gasteiger partial charge in [0, 0.05) is 47.8 Å². The summed E-state index contributed by atoms with van der Waals surface area (Å²) >= 11 is 6.13. The zero-order chi connectivity index (χ0) is 19.8. The fourth-order valence-electron chi connectivity index (χ4n) is 3.34. The van der Waals surface area contributed by atoms with E-state index in [0.29, 0.717) is 11.0 Å². The number of anilines is 3. The fourth-order valence-corrected chi connectivity index (χ4v) is 3.53. The lowest BCUT2D eigenvalue weighted by atomic mass is 9.95. The first-order chi connectivity index (χ1) is 13.5. The Balaban J connectivity index is 1.87. The molecule has 1 aromatic heterocycles. The molecule has 8 heteroatoms. The van der Waals surface area contributed by atoms with Crippen LogP contribution in [0.25, 0.3) is 11.1 Å². The average molecular weight is 396 g/mol. The van der Waals surface area contributed by atoms with Crippen LogP contribution in [-0.4, -0.2) is 35.1 Å². The lowest BCUT2D eigenvalue weighted by Gasteiger charge is -2.37. The third-order valence-corrected chi connectivity index (χ3v) is 4.97. The predicted octanol–water partition coefficient (Wildman–Crippen LogP) is 4.10. The molecule has 0 amide bonds. The molecule has 3 N–H and O–H groups in total. The second-order valence-electron chi connectivity index (χ2n) is 6.45. The first-order valence-corrected chi connectivity index (χ1v) is 9.03. The third kappa shape index (κ3) is 3.10. The van der Waals surface area contributed by atoms with E-state index in [-0.39, 0.29) is 11.7 Å². The number of carbonyl (C=O) groups is 1. The highest BCUT2D eigenvalue weighted by atomic mass is 35.5. The highest BCUT2D eigenvalue weighted by Gasteiger charge is 2.31. The molecule has 4 rings (SSSR count). The van der Waals surface area contributed by atoms with Gasteiger partial charge in [-0.3, -0.25) is 0 Å². The van der Waals surface area contributed by atoms with Gasteiger partial charge in [-0.1, -0.05) is 23.7 Å². The van der Waals surface area contributed by atoms with Crippen molar-refractivity contribution < 1.29 is 9.90 Å². The number of benzene rings is 2. The van der Waals surface area contributed by atoms with Crippen molar-refractivity contribution >= 4 is 34.9 Å². The molecule has 1 atom stereocenters. The highest BCUT2D eigenvalue weighted by Crippen LogP contribution is 2.43. The van der Waals surface area contributed by atoms with Crippen molar-refractivity contribution in [1.82, 2.24) is 9.97 Å². The van der Waals surface area contributed by atoms with Gasteiger partial charge in [0.2, 0.25) is 5.95 Å². The van der Waals surface area contributed by atoms with E-state index in [1.54, 1.807) is 37.5 Å². The zero-order valence-corrected chi connectivity index (χ0v) is 16.0. The largest absolute Gasteiger partial charge is 0.478 e. The molecule has 0 spiro atoms. The summed E-state index contributed by atoms with van der Waals surface area (Å²) in [6.07, 6.45) is 1.42. The average Bonchev–Trinajstić information content (AvgIpc) is 2.70. The van der Waals surface area contributed by atoms with E-state index < -0.39 is 5.97 Å². The lowest BCUT2D eigenvalue weighted by molar-refractivity contribution is 0.0697. The molecule has 0 saturated carbocycles. The second-order valence-corrected chi connectivity index (χ2v) is 6.88. The van der Waals surface area contributed by atoms with Crippen LogP contribution in [0.15, 0.2) is 48.7 Å². The van der Waals surface area contributed by atoms with Gasteiger partial charge in [0.1, 0.15) is 6.17 Å². The standard InChI is InChI=1S/C20H18ClN5O2/c1-22-20-23-10-15-14-7-6-11(19(27)28)8-16(14)26(2)18(17(15)25-20)24-13-5-3-4-12(21)9-13/h3-10,18,24H,1-2H3,(H,27,28)(H,22,23,25). The van der Waals surface area contributed by atoms with Crippen molar-refractivity contribution in [3.63, 3.8) is 0 Å². The number of carboxylic acids is 1. The normalized spacial score (nSPS) is 14.8. The van der Waals surface area contributed by atoms with Crippen LogP contribution in [0, 0.1) is 0 Å². The van der Waals surface area contributed by atoms with Crippen LogP contribution < -0.4 is 15.5 Å². The first-order valence-electron chi connectivity index (χ1n) is 8.65. The summed E-state index contributed by atoms with van der Waals surface area (Å²) in [5, 5.41) is 16.4. The third-order valence-electron chi connectivity index (χ3n) is 4.73. The number of hydrogen-bond donors (Lipinski definition) is 3. The van der Waals surface area contributed by atoms with Crippen molar-refractivity contribution in [3.8, 4) is 11.1 Å². The summed E-state index contributed by atoms with van der Waals surface area (Å²) in [7, 11) is 3.66. The van der Waals surface area contributed by atoms with Crippen LogP contribution in [-0.2, 0) is 0 Å². The van der Waals surface area contributed by atoms with Gasteiger partial charge in [-0.2, -0.15) is 0 Å². The van der Waals surface area contributed by atoms with Crippen LogP contribution in [0.1, 0.15) is 22.2 Å². The van der Waals surface area contributed by atoms with Gasteiger partial charge in [-0.05, 0) is 30.3 Å². The van der Waals surface area contributed by atoms with Crippen LogP contribution >= 0.6 is 11.6 Å². The van der Waals surface area contributed by atoms with Gasteiger partial charge in [0.25, 0.3) is 0 Å². The number of nitrogens with one attached hydrogen (secondary N) is 2. The van der Waals surface area contributed by atoms with Crippen molar-refractivity contribution in [3.05, 3.63) is 64.9 Å². The molecule has 0 saturated heterocycles. The molecule has 2 heterocycles. The molecule has 142 valence electrons. The highest BCUT2D eigenvalue weighted by molar-refractivity contribution is 6.30. The number of nitrogens with zero attached hydrogens (tertiary/aromatic N) is 3. The smallest absolute Gasteiger partial charge is 0.335 e. The maximum Gasteiger partial charge on any atom is 0.335 e. The molecule has 1 aliphatic rings. The van der Waals surface area contributed by atoms with Crippen molar-refractivity contribution in [2.24, 2.45) is 0 Å². The maximum absolute atomic E-state index is 11.5. The van der Waals surface area contributed by atoms with E-state index in [1.807, 2.05) is 30.1 Å². The summed E-state index contributed by atoms with van der Waals surface area (Å²) < 4.78 is 0. The molecule has 3 aromatic rings. The quantitative estimate of drug-likeness (QED) is 0.612. The monoisotopic (exact) mass is 395 g/mol. The molecule has 1 unspecified atom stereocenters. The number of carboxylic acid groups (broad SMARTS) is 1. The molecule has 0 fully saturated rings. The Kier molecular flexibility index (Phi) is 4.52. The minimum absolute atomic E-state index is 0.225. The lowest BCUT2D eigenvalue weighted by Crippen LogP contribution is -2.35. The Labute approximate surface area is 167 Å². The van der Waals surface area contributed by atoms with Crippen LogP contribution in [0.3, 0.4) is 0 Å². The van der Waals surface area contributed by atoms with Gasteiger partial charge in [0.05, 0.1) is 11.3 Å². The number of aromatic carboxylic acids is 1. The SMILES string of the molecule is CNc1ncc2c(n1)C(Nc1cccc(Cl)c1)N(C)c1cc(C(=O)O)ccc1-2. The minimum Gasteiger partial charge on any atom is -0.478 e. The van der Waals surface area contributed by atoms with Crippen molar-refractivity contribution in [2.75, 3.05) is 29.6 Å². The zero-order valence-electron chi connectivity index (χ0n) is 15.3. The van der Waals surface area contributed by atoms with Crippen molar-refractivity contribution in [1.29, 1.82) is 0 Å². The molecule has 7 nitrogen and oxygen atoms in total. The second kappa shape index (κ2) is 7.01. The Morgan fingerprint density at radius 2 is 2.04 bits per heavy atom. The van der Waals surface area contributed by atoms with Gasteiger partial charge >= 0.3 is 5.97 Å². The van der Waals surface area contributed by atoms with E-state index in [0.717, 1.165) is 28.2 Å². The van der Waals surface area contributed by atoms with E-state index >= 15 is 0 Å². The Hall–Kier alpha value is -3.32. The Morgan fingerprint density at radius 3 is 2.75 bits per heavy atom. The van der Waals surface area contributed by atoms with E-state index in [2.05, 4.69) is 20.6 Å². The molecule has 2 aromatic carbocycles. The topological polar surface area (TPSA) is 90.4 Å². The minimum atomic E-state index is -0.969.